The standard InChI is InChI=1S/C21H25FN2O4.C16H17FN2O2.C13H22FNO3.C13H20FNO2.C12H20FNO3.C12H18FNO3.C8H5NO2.C4H8O.CH2Cl2/c1-21(2,3)28-20(27)23-11-8-14(9-12-23)17(22)10-13-24-18(25)15-6-4-5-7-16(15)19(24)26;17-14(11-5-8-18-9-6-11)7-10-19-15(20)12-3-1-2-4-13(12)16(19)21;1-13(2,3)18-12(17)15-7-4-10(5-8-15)11(14)6-9-16;1-5-11(14)10-6-8-15(9-7-10)12(16)17-13(2,3)4;2*1-12(2,3)17-11(16)14-6-4-9(5-7-14)10(13)8-15;10-7-5-3-1-2-4-6(5)8(11)9-7;1-2-4-5-3-1;2-1-3/h4-7H,8-13H2,1-3H3;1-4,18H,5-10H2;16H,4-9H2,1-3H3;5H,1,6-9H2,2-4H3;15H,4-8H2,1-3H3;8H,4-7H2,1-3H3;1-4H,(H,9,10,11);1-4H2;1H2. The van der Waals surface area contributed by atoms with Crippen molar-refractivity contribution >= 4 is 95.4 Å². The highest BCUT2D eigenvalue weighted by Gasteiger charge is 2.39. The van der Waals surface area contributed by atoms with Gasteiger partial charge in [0, 0.05) is 118 Å². The minimum Gasteiger partial charge on any atom is -0.444 e. The van der Waals surface area contributed by atoms with E-state index in [9.17, 15) is 83.9 Å². The fourth-order valence-corrected chi connectivity index (χ4v) is 14.6. The van der Waals surface area contributed by atoms with Crippen LogP contribution in [0.5, 0.6) is 0 Å². The number of fused-ring (bicyclic) bond motifs is 3. The lowest BCUT2D eigenvalue weighted by atomic mass is 10.0. The van der Waals surface area contributed by atoms with Crippen LogP contribution in [0.1, 0.15) is 275 Å². The van der Waals surface area contributed by atoms with E-state index in [0.29, 0.717) is 198 Å². The number of piperidine rings is 6. The summed E-state index contributed by atoms with van der Waals surface area (Å²) >= 11 is 9.53. The van der Waals surface area contributed by atoms with Gasteiger partial charge in [-0.1, -0.05) is 43.0 Å². The number of allylic oxidation sites excluding steroid dienone is 3. The number of nitrogens with zero attached hydrogens (tertiary/aromatic N) is 7. The molecule has 10 aliphatic heterocycles. The number of hydrogen-bond acceptors (Lipinski definition) is 21. The number of rotatable bonds is 11. The fourth-order valence-electron chi connectivity index (χ4n) is 14.6. The highest BCUT2D eigenvalue weighted by Crippen LogP contribution is 2.33. The first-order valence-corrected chi connectivity index (χ1v) is 47.1. The quantitative estimate of drug-likeness (QED) is 0.0346. The van der Waals surface area contributed by atoms with Crippen LogP contribution in [0.15, 0.2) is 154 Å². The van der Waals surface area contributed by atoms with Crippen LogP contribution in [-0.2, 0) is 33.2 Å². The summed E-state index contributed by atoms with van der Waals surface area (Å²) in [6, 6.07) is 20.1. The van der Waals surface area contributed by atoms with E-state index in [1.807, 2.05) is 62.3 Å². The summed E-state index contributed by atoms with van der Waals surface area (Å²) in [7, 11) is 0. The third-order valence-corrected chi connectivity index (χ3v) is 21.6. The number of halogens is 8. The van der Waals surface area contributed by atoms with Gasteiger partial charge >= 0.3 is 30.5 Å². The molecule has 10 aliphatic rings. The summed E-state index contributed by atoms with van der Waals surface area (Å²) in [4.78, 5) is 150. The van der Waals surface area contributed by atoms with E-state index in [0.717, 1.165) is 47.2 Å². The van der Waals surface area contributed by atoms with E-state index < -0.39 is 52.4 Å². The number of alkyl halides is 2. The normalized spacial score (nSPS) is 16.9. The van der Waals surface area contributed by atoms with Crippen molar-refractivity contribution < 1.29 is 123 Å². The predicted octanol–water partition coefficient (Wildman–Crippen LogP) is 19.7. The number of amides is 11. The molecule has 0 bridgehead atoms. The molecule has 37 heteroatoms. The van der Waals surface area contributed by atoms with Gasteiger partial charge in [0.05, 0.1) is 45.3 Å². The summed E-state index contributed by atoms with van der Waals surface area (Å²) in [5, 5.41) is 22.9. The lowest BCUT2D eigenvalue weighted by molar-refractivity contribution is -0.106. The maximum absolute atomic E-state index is 14.6. The Morgan fingerprint density at radius 2 is 0.628 bits per heavy atom. The largest absolute Gasteiger partial charge is 0.444 e. The molecule has 0 atom stereocenters. The zero-order valence-corrected chi connectivity index (χ0v) is 83.2. The van der Waals surface area contributed by atoms with E-state index >= 15 is 0 Å². The monoisotopic (exact) mass is 1970 g/mol. The highest BCUT2D eigenvalue weighted by molar-refractivity contribution is 6.40. The molecule has 13 rings (SSSR count). The fraction of sp³-hybridized carbons (Fsp3) is 0.560. The third-order valence-electron chi connectivity index (χ3n) is 21.6. The Hall–Kier alpha value is -10.7. The molecule has 0 radical (unpaired) electrons. The van der Waals surface area contributed by atoms with Crippen LogP contribution in [0.2, 0.25) is 0 Å². The number of carbonyl (C=O) groups excluding carboxylic acids is 12. The average molecular weight is 1970 g/mol. The van der Waals surface area contributed by atoms with Crippen LogP contribution in [0.25, 0.3) is 0 Å². The number of aliphatic hydroxyl groups excluding tert-OH is 2. The smallest absolute Gasteiger partial charge is 0.410 e. The Balaban J connectivity index is 0.000000281. The SMILES string of the molecule is C1CCOC1.C=CC(F)=C1CCN(C(=O)OC(C)(C)C)CC1.CC(C)(C)OC(=O)N1CCC(=C(F)C=O)CC1.CC(C)(C)OC(=O)N1CCC(=C(F)CCN2C(=O)c3ccccc3C2=O)CC1.CC(C)(C)OC(=O)N1CCC(=C(F)CCO)CC1.CC(C)(C)OC(=O)N1CCC(=C(F)CO)CC1.ClCCl.O=C1NC(=O)c2ccccc21.O=C1c2ccccc2C(=O)N1CCC(F)=C1CCNCC1. The van der Waals surface area contributed by atoms with E-state index in [2.05, 4.69) is 17.2 Å². The number of ether oxygens (including phenoxy) is 6. The molecular formula is C100H137Cl2F6N9O20. The van der Waals surface area contributed by atoms with Gasteiger partial charge in [-0.25, -0.2) is 50.3 Å². The molecule has 0 unspecified atom stereocenters. The first-order valence-electron chi connectivity index (χ1n) is 46.0. The second-order valence-electron chi connectivity index (χ2n) is 37.8. The van der Waals surface area contributed by atoms with Gasteiger partial charge in [0.15, 0.2) is 12.1 Å². The second-order valence-corrected chi connectivity index (χ2v) is 38.6. The molecule has 11 amide bonds. The van der Waals surface area contributed by atoms with Gasteiger partial charge in [-0.2, -0.15) is 0 Å². The van der Waals surface area contributed by atoms with Crippen LogP contribution in [0, 0.1) is 0 Å². The second kappa shape index (κ2) is 56.4. The van der Waals surface area contributed by atoms with Gasteiger partial charge < -0.3 is 68.5 Å². The maximum Gasteiger partial charge on any atom is 0.410 e. The Morgan fingerprint density at radius 3 is 0.861 bits per heavy atom. The number of aliphatic hydroxyl groups is 2. The predicted molar refractivity (Wildman–Crippen MR) is 509 cm³/mol. The number of likely N-dealkylation sites (tertiary alicyclic amines) is 5. The number of imide groups is 3. The van der Waals surface area contributed by atoms with E-state index in [1.165, 1.54) is 23.8 Å². The van der Waals surface area contributed by atoms with Crippen molar-refractivity contribution in [2.45, 2.75) is 241 Å². The molecular weight excluding hydrogens is 1830 g/mol. The average Bonchev–Trinajstić information content (AvgIpc) is 1.64. The van der Waals surface area contributed by atoms with E-state index in [-0.39, 0.29) is 134 Å². The number of aldehydes is 1. The van der Waals surface area contributed by atoms with Crippen LogP contribution in [0.3, 0.4) is 0 Å². The number of carbonyl (C=O) groups is 12. The Bertz CT molecular complexity index is 4650. The number of benzene rings is 3. The molecule has 29 nitrogen and oxygen atoms in total. The summed E-state index contributed by atoms with van der Waals surface area (Å²) in [6.45, 7) is 38.0. The zero-order chi connectivity index (χ0) is 102. The molecule has 0 spiro atoms. The first-order chi connectivity index (χ1) is 64.4. The number of nitrogens with one attached hydrogen (secondary N) is 2. The summed E-state index contributed by atoms with van der Waals surface area (Å²) in [6.07, 6.45) is 8.48. The highest BCUT2D eigenvalue weighted by atomic mass is 35.5. The van der Waals surface area contributed by atoms with Crippen LogP contribution < -0.4 is 10.6 Å². The molecule has 0 aromatic heterocycles. The summed E-state index contributed by atoms with van der Waals surface area (Å²) < 4.78 is 113. The topological polar surface area (TPSA) is 347 Å². The van der Waals surface area contributed by atoms with Gasteiger partial charge in [0.2, 0.25) is 0 Å². The zero-order valence-electron chi connectivity index (χ0n) is 81.6. The van der Waals surface area contributed by atoms with Crippen molar-refractivity contribution in [3.05, 3.63) is 187 Å². The van der Waals surface area contributed by atoms with Crippen LogP contribution >= 0.6 is 23.2 Å². The summed E-state index contributed by atoms with van der Waals surface area (Å²) in [5.41, 5.74) is 3.89. The van der Waals surface area contributed by atoms with Gasteiger partial charge in [-0.05, 0) is 283 Å². The first kappa shape index (κ1) is 117. The summed E-state index contributed by atoms with van der Waals surface area (Å²) in [5.74, 6) is -4.13. The van der Waals surface area contributed by atoms with Gasteiger partial charge in [-0.15, -0.1) is 23.2 Å². The van der Waals surface area contributed by atoms with Gasteiger partial charge in [-0.3, -0.25) is 48.7 Å². The molecule has 3 aromatic rings. The minimum absolute atomic E-state index is 0.00671. The molecule has 0 saturated carbocycles. The van der Waals surface area contributed by atoms with Crippen LogP contribution in [0.4, 0.5) is 50.3 Å². The van der Waals surface area contributed by atoms with Crippen molar-refractivity contribution in [1.29, 1.82) is 0 Å². The maximum atomic E-state index is 14.6. The molecule has 137 heavy (non-hydrogen) atoms. The molecule has 4 N–H and O–H groups in total. The Kier molecular flexibility index (Phi) is 48.0. The molecule has 10 heterocycles. The minimum atomic E-state index is -0.700. The molecule has 0 aliphatic carbocycles. The van der Waals surface area contributed by atoms with Gasteiger partial charge in [0.25, 0.3) is 35.4 Å². The van der Waals surface area contributed by atoms with Crippen molar-refractivity contribution in [3.8, 4) is 0 Å². The lowest BCUT2D eigenvalue weighted by Gasteiger charge is -2.31. The van der Waals surface area contributed by atoms with Crippen molar-refractivity contribution in [2.24, 2.45) is 0 Å². The molecule has 758 valence electrons. The molecule has 3 aromatic carbocycles. The van der Waals surface area contributed by atoms with Crippen LogP contribution in [-0.4, -0.2) is 268 Å². The number of hydrogen-bond donors (Lipinski definition) is 4. The Morgan fingerprint density at radius 1 is 0.387 bits per heavy atom. The van der Waals surface area contributed by atoms with Crippen molar-refractivity contribution in [2.75, 3.05) is 123 Å². The van der Waals surface area contributed by atoms with E-state index in [4.69, 9.17) is 61.8 Å². The van der Waals surface area contributed by atoms with E-state index in [1.54, 1.807) is 134 Å². The third kappa shape index (κ3) is 40.3. The van der Waals surface area contributed by atoms with Crippen molar-refractivity contribution in [1.82, 2.24) is 44.9 Å². The van der Waals surface area contributed by atoms with Gasteiger partial charge in [0.1, 0.15) is 57.1 Å². The molecule has 7 saturated heterocycles. The van der Waals surface area contributed by atoms with Crippen molar-refractivity contribution in [3.63, 3.8) is 0 Å². The molecule has 7 fully saturated rings. The Labute approximate surface area is 810 Å². The lowest BCUT2D eigenvalue weighted by Crippen LogP contribution is -2.40.